The molecule has 1 heterocycles. The van der Waals surface area contributed by atoms with E-state index in [9.17, 15) is 14.7 Å². The van der Waals surface area contributed by atoms with Crippen LogP contribution in [0, 0.1) is 5.92 Å². The molecule has 1 fully saturated rings. The topological polar surface area (TPSA) is 94.2 Å². The van der Waals surface area contributed by atoms with E-state index in [2.05, 4.69) is 34.7 Å². The second kappa shape index (κ2) is 9.04. The molecule has 1 aromatic heterocycles. The first-order valence-corrected chi connectivity index (χ1v) is 9.91. The lowest BCUT2D eigenvalue weighted by Crippen LogP contribution is -2.49. The van der Waals surface area contributed by atoms with Gasteiger partial charge in [0, 0.05) is 24.3 Å². The summed E-state index contributed by atoms with van der Waals surface area (Å²) in [5.74, 6) is -1.36. The summed E-state index contributed by atoms with van der Waals surface area (Å²) in [5.41, 5.74) is 2.21. The molecule has 1 aromatic carbocycles. The average molecular weight is 371 g/mol. The van der Waals surface area contributed by atoms with Crippen molar-refractivity contribution in [2.45, 2.75) is 64.1 Å². The number of unbranched alkanes of at least 4 members (excludes halogenated alkanes) is 1. The van der Waals surface area contributed by atoms with Gasteiger partial charge in [-0.15, -0.1) is 0 Å². The average Bonchev–Trinajstić information content (AvgIpc) is 3.31. The zero-order chi connectivity index (χ0) is 19.2. The Kier molecular flexibility index (Phi) is 6.50. The number of carbonyl (C=O) groups excluding carboxylic acids is 1. The minimum absolute atomic E-state index is 0.0831. The van der Waals surface area contributed by atoms with Gasteiger partial charge in [0.25, 0.3) is 0 Å². The van der Waals surface area contributed by atoms with Crippen molar-refractivity contribution in [2.75, 3.05) is 0 Å². The predicted octanol–water partition coefficient (Wildman–Crippen LogP) is 3.19. The van der Waals surface area contributed by atoms with Gasteiger partial charge in [-0.2, -0.15) is 0 Å². The first kappa shape index (κ1) is 19.4. The lowest BCUT2D eigenvalue weighted by molar-refractivity contribution is -0.142. The molecule has 1 saturated carbocycles. The van der Waals surface area contributed by atoms with Gasteiger partial charge < -0.3 is 20.7 Å². The number of carbonyl (C=O) groups is 2. The van der Waals surface area contributed by atoms with E-state index in [1.807, 2.05) is 18.3 Å². The molecule has 27 heavy (non-hydrogen) atoms. The number of carboxylic acids is 1. The molecule has 0 unspecified atom stereocenters. The number of fused-ring (bicyclic) bond motifs is 1. The maximum atomic E-state index is 12.8. The fourth-order valence-corrected chi connectivity index (χ4v) is 3.98. The Hall–Kier alpha value is -2.34. The molecule has 0 spiro atoms. The van der Waals surface area contributed by atoms with Crippen molar-refractivity contribution in [3.05, 3.63) is 36.0 Å². The standard InChI is InChI=1S/C21H29N3O3/c1-2-3-9-18(20(25)24-17-10-5-8-16(17)21(26)27)23-13-15-7-4-6-14-11-12-22-19(14)15/h4,6-7,11-12,16-18,22-23H,2-3,5,8-10,13H2,1H3,(H,24,25)(H,26,27)/t16-,17+,18+/m1/s1. The van der Waals surface area contributed by atoms with Crippen LogP contribution < -0.4 is 10.6 Å². The first-order chi connectivity index (χ1) is 13.1. The number of rotatable bonds is 9. The molecule has 0 aliphatic heterocycles. The van der Waals surface area contributed by atoms with E-state index >= 15 is 0 Å². The molecule has 0 saturated heterocycles. The molecule has 6 heteroatoms. The van der Waals surface area contributed by atoms with Crippen LogP contribution in [0.5, 0.6) is 0 Å². The fourth-order valence-electron chi connectivity index (χ4n) is 3.98. The number of carboxylic acid groups (broad SMARTS) is 1. The first-order valence-electron chi connectivity index (χ1n) is 9.91. The number of H-pyrrole nitrogens is 1. The van der Waals surface area contributed by atoms with Crippen LogP contribution in [0.1, 0.15) is 51.0 Å². The highest BCUT2D eigenvalue weighted by molar-refractivity contribution is 5.84. The van der Waals surface area contributed by atoms with Gasteiger partial charge >= 0.3 is 5.97 Å². The highest BCUT2D eigenvalue weighted by Crippen LogP contribution is 2.26. The van der Waals surface area contributed by atoms with Crippen molar-refractivity contribution in [3.63, 3.8) is 0 Å². The summed E-state index contributed by atoms with van der Waals surface area (Å²) < 4.78 is 0. The largest absolute Gasteiger partial charge is 0.481 e. The van der Waals surface area contributed by atoms with Crippen molar-refractivity contribution in [1.29, 1.82) is 0 Å². The fraction of sp³-hybridized carbons (Fsp3) is 0.524. The number of aromatic amines is 1. The molecule has 0 radical (unpaired) electrons. The van der Waals surface area contributed by atoms with Crippen LogP contribution in [0.4, 0.5) is 0 Å². The summed E-state index contributed by atoms with van der Waals surface area (Å²) >= 11 is 0. The predicted molar refractivity (Wildman–Crippen MR) is 105 cm³/mol. The number of benzene rings is 1. The highest BCUT2D eigenvalue weighted by Gasteiger charge is 2.35. The molecule has 1 aliphatic carbocycles. The molecular formula is C21H29N3O3. The van der Waals surface area contributed by atoms with Crippen LogP contribution in [0.2, 0.25) is 0 Å². The third-order valence-electron chi connectivity index (χ3n) is 5.54. The van der Waals surface area contributed by atoms with E-state index < -0.39 is 11.9 Å². The Morgan fingerprint density at radius 3 is 2.93 bits per heavy atom. The van der Waals surface area contributed by atoms with E-state index in [1.54, 1.807) is 0 Å². The van der Waals surface area contributed by atoms with Crippen molar-refractivity contribution in [1.82, 2.24) is 15.6 Å². The SMILES string of the molecule is CCCC[C@H](NCc1cccc2cc[nH]c12)C(=O)N[C@H]1CCC[C@H]1C(=O)O. The Bertz CT molecular complexity index is 786. The zero-order valence-electron chi connectivity index (χ0n) is 15.8. The highest BCUT2D eigenvalue weighted by atomic mass is 16.4. The van der Waals surface area contributed by atoms with E-state index in [1.165, 1.54) is 0 Å². The number of nitrogens with one attached hydrogen (secondary N) is 3. The van der Waals surface area contributed by atoms with Crippen LogP contribution in [0.3, 0.4) is 0 Å². The van der Waals surface area contributed by atoms with Gasteiger partial charge in [0.1, 0.15) is 0 Å². The minimum atomic E-state index is -0.811. The quantitative estimate of drug-likeness (QED) is 0.544. The number of para-hydroxylation sites is 1. The molecule has 2 aromatic rings. The summed E-state index contributed by atoms with van der Waals surface area (Å²) in [5, 5.41) is 16.9. The van der Waals surface area contributed by atoms with E-state index in [0.717, 1.165) is 48.6 Å². The van der Waals surface area contributed by atoms with E-state index in [-0.39, 0.29) is 18.0 Å². The van der Waals surface area contributed by atoms with Crippen molar-refractivity contribution in [2.24, 2.45) is 5.92 Å². The van der Waals surface area contributed by atoms with Gasteiger partial charge in [-0.25, -0.2) is 0 Å². The maximum Gasteiger partial charge on any atom is 0.308 e. The van der Waals surface area contributed by atoms with Crippen LogP contribution in [0.15, 0.2) is 30.5 Å². The Morgan fingerprint density at radius 1 is 1.30 bits per heavy atom. The van der Waals surface area contributed by atoms with Gasteiger partial charge in [0.05, 0.1) is 12.0 Å². The molecule has 1 aliphatic rings. The van der Waals surface area contributed by atoms with Crippen LogP contribution in [0.25, 0.3) is 10.9 Å². The number of hydrogen-bond acceptors (Lipinski definition) is 3. The molecule has 146 valence electrons. The third-order valence-corrected chi connectivity index (χ3v) is 5.54. The maximum absolute atomic E-state index is 12.8. The number of aliphatic carboxylic acids is 1. The Balaban J connectivity index is 1.65. The molecule has 3 atom stereocenters. The van der Waals surface area contributed by atoms with Crippen LogP contribution in [-0.2, 0) is 16.1 Å². The number of amides is 1. The minimum Gasteiger partial charge on any atom is -0.481 e. The molecular weight excluding hydrogens is 342 g/mol. The van der Waals surface area contributed by atoms with Gasteiger partial charge in [0.15, 0.2) is 0 Å². The second-order valence-electron chi connectivity index (χ2n) is 7.43. The lowest BCUT2D eigenvalue weighted by atomic mass is 10.0. The molecule has 0 bridgehead atoms. The van der Waals surface area contributed by atoms with Crippen molar-refractivity contribution >= 4 is 22.8 Å². The molecule has 4 N–H and O–H groups in total. The molecule has 3 rings (SSSR count). The van der Waals surface area contributed by atoms with Gasteiger partial charge in [-0.3, -0.25) is 9.59 Å². The Labute approximate surface area is 159 Å². The Morgan fingerprint density at radius 2 is 2.15 bits per heavy atom. The number of hydrogen-bond donors (Lipinski definition) is 4. The van der Waals surface area contributed by atoms with Crippen LogP contribution in [-0.4, -0.2) is 34.1 Å². The van der Waals surface area contributed by atoms with Gasteiger partial charge in [0.2, 0.25) is 5.91 Å². The molecule has 6 nitrogen and oxygen atoms in total. The summed E-state index contributed by atoms with van der Waals surface area (Å²) in [6.07, 6.45) is 6.86. The van der Waals surface area contributed by atoms with Crippen molar-refractivity contribution < 1.29 is 14.7 Å². The van der Waals surface area contributed by atoms with Crippen molar-refractivity contribution in [3.8, 4) is 0 Å². The van der Waals surface area contributed by atoms with Gasteiger partial charge in [-0.05, 0) is 36.3 Å². The van der Waals surface area contributed by atoms with Gasteiger partial charge in [-0.1, -0.05) is 44.4 Å². The summed E-state index contributed by atoms with van der Waals surface area (Å²) in [7, 11) is 0. The lowest BCUT2D eigenvalue weighted by Gasteiger charge is -2.23. The summed E-state index contributed by atoms with van der Waals surface area (Å²) in [6, 6.07) is 7.59. The second-order valence-corrected chi connectivity index (χ2v) is 7.43. The third kappa shape index (κ3) is 4.69. The van der Waals surface area contributed by atoms with E-state index in [4.69, 9.17) is 0 Å². The van der Waals surface area contributed by atoms with E-state index in [0.29, 0.717) is 13.0 Å². The summed E-state index contributed by atoms with van der Waals surface area (Å²) in [6.45, 7) is 2.69. The number of aromatic nitrogens is 1. The molecule has 1 amide bonds. The monoisotopic (exact) mass is 371 g/mol. The smallest absolute Gasteiger partial charge is 0.308 e. The van der Waals surface area contributed by atoms with Crippen LogP contribution >= 0.6 is 0 Å². The normalized spacial score (nSPS) is 20.6. The zero-order valence-corrected chi connectivity index (χ0v) is 15.8. The summed E-state index contributed by atoms with van der Waals surface area (Å²) in [4.78, 5) is 27.5.